The first-order valence-electron chi connectivity index (χ1n) is 15.6. The van der Waals surface area contributed by atoms with Crippen LogP contribution in [0.2, 0.25) is 0 Å². The molecule has 0 atom stereocenters. The largest absolute Gasteiger partial charge is 0.488 e. The molecule has 6 rings (SSSR count). The standard InChI is InChI=1S/C14H12FNO.C12H10FN.C8H8FNO.C6H7BO2/c1-10(17)16-14-8-7-12(15)9-13(14)11-5-3-2-4-6-11;13-10-6-7-12(14)11(8-10)9-4-2-1-3-5-9;1-6(11)10-8-4-2-7(9)3-5-8;8-7(9)6-4-2-1-3-5-6/h2-9H,1H3,(H,16,17);1-8H,14H2;2-5H,1H3,(H,10,11);1-5,8-9H. The van der Waals surface area contributed by atoms with Crippen LogP contribution in [0.25, 0.3) is 22.3 Å². The summed E-state index contributed by atoms with van der Waals surface area (Å²) in [6.07, 6.45) is 0. The van der Waals surface area contributed by atoms with Crippen molar-refractivity contribution in [2.45, 2.75) is 13.8 Å². The Balaban J connectivity index is 0.000000189. The second-order valence-corrected chi connectivity index (χ2v) is 10.8. The van der Waals surface area contributed by atoms with Gasteiger partial charge in [-0.05, 0) is 77.3 Å². The molecule has 0 unspecified atom stereocenters. The van der Waals surface area contributed by atoms with Gasteiger partial charge in [0.15, 0.2) is 0 Å². The van der Waals surface area contributed by atoms with E-state index in [2.05, 4.69) is 10.6 Å². The van der Waals surface area contributed by atoms with Crippen LogP contribution in [0.5, 0.6) is 0 Å². The predicted molar refractivity (Wildman–Crippen MR) is 199 cm³/mol. The van der Waals surface area contributed by atoms with Crippen molar-refractivity contribution >= 4 is 41.5 Å². The van der Waals surface area contributed by atoms with Crippen LogP contribution < -0.4 is 21.8 Å². The van der Waals surface area contributed by atoms with Crippen LogP contribution in [-0.4, -0.2) is 29.0 Å². The van der Waals surface area contributed by atoms with Crippen molar-refractivity contribution in [1.29, 1.82) is 0 Å². The van der Waals surface area contributed by atoms with Gasteiger partial charge in [0.25, 0.3) is 0 Å². The molecule has 0 fully saturated rings. The lowest BCUT2D eigenvalue weighted by Crippen LogP contribution is -2.29. The lowest BCUT2D eigenvalue weighted by molar-refractivity contribution is -0.115. The van der Waals surface area contributed by atoms with E-state index in [0.29, 0.717) is 28.1 Å². The zero-order valence-corrected chi connectivity index (χ0v) is 27.9. The number of amides is 2. The normalized spacial score (nSPS) is 9.71. The number of hydrogen-bond donors (Lipinski definition) is 5. The van der Waals surface area contributed by atoms with Crippen molar-refractivity contribution < 1.29 is 32.8 Å². The van der Waals surface area contributed by atoms with Crippen molar-refractivity contribution in [2.75, 3.05) is 16.4 Å². The fraction of sp³-hybridized carbons (Fsp3) is 0.0500. The van der Waals surface area contributed by atoms with E-state index in [4.69, 9.17) is 15.8 Å². The monoisotopic (exact) mass is 691 g/mol. The highest BCUT2D eigenvalue weighted by atomic mass is 19.1. The minimum atomic E-state index is -1.34. The fourth-order valence-electron chi connectivity index (χ4n) is 4.43. The highest BCUT2D eigenvalue weighted by molar-refractivity contribution is 6.58. The van der Waals surface area contributed by atoms with Crippen molar-refractivity contribution in [3.63, 3.8) is 0 Å². The first kappa shape index (κ1) is 39.3. The van der Waals surface area contributed by atoms with E-state index in [1.54, 1.807) is 36.4 Å². The summed E-state index contributed by atoms with van der Waals surface area (Å²) in [5.74, 6) is -1.22. The Hall–Kier alpha value is -6.17. The summed E-state index contributed by atoms with van der Waals surface area (Å²) in [4.78, 5) is 21.6. The number of halogens is 3. The van der Waals surface area contributed by atoms with E-state index >= 15 is 0 Å². The highest BCUT2D eigenvalue weighted by Crippen LogP contribution is 2.29. The zero-order valence-electron chi connectivity index (χ0n) is 27.9. The molecule has 2 amide bonds. The van der Waals surface area contributed by atoms with Crippen molar-refractivity contribution in [1.82, 2.24) is 0 Å². The molecule has 0 heterocycles. The van der Waals surface area contributed by atoms with Crippen molar-refractivity contribution in [3.05, 3.63) is 169 Å². The third-order valence-electron chi connectivity index (χ3n) is 6.74. The number of rotatable bonds is 5. The quantitative estimate of drug-likeness (QED) is 0.0938. The summed E-state index contributed by atoms with van der Waals surface area (Å²) in [6.45, 7) is 2.83. The maximum absolute atomic E-state index is 13.3. The van der Waals surface area contributed by atoms with E-state index in [9.17, 15) is 22.8 Å². The van der Waals surface area contributed by atoms with Gasteiger partial charge in [0.1, 0.15) is 17.5 Å². The maximum Gasteiger partial charge on any atom is 0.488 e. The lowest BCUT2D eigenvalue weighted by Gasteiger charge is -2.10. The van der Waals surface area contributed by atoms with E-state index < -0.39 is 7.12 Å². The topological polar surface area (TPSA) is 125 Å². The molecule has 7 nitrogen and oxygen atoms in total. The molecule has 0 bridgehead atoms. The third-order valence-corrected chi connectivity index (χ3v) is 6.74. The number of anilines is 3. The SMILES string of the molecule is CC(=O)Nc1ccc(F)cc1.CC(=O)Nc1ccc(F)cc1-c1ccccc1.Nc1ccc(F)cc1-c1ccccc1.OB(O)c1ccccc1. The molecule has 0 aliphatic rings. The molecule has 51 heavy (non-hydrogen) atoms. The molecule has 0 saturated heterocycles. The van der Waals surface area contributed by atoms with Crippen LogP contribution in [0.15, 0.2) is 152 Å². The van der Waals surface area contributed by atoms with E-state index in [0.717, 1.165) is 16.7 Å². The molecule has 0 aliphatic heterocycles. The van der Waals surface area contributed by atoms with Crippen molar-refractivity contribution in [2.24, 2.45) is 0 Å². The van der Waals surface area contributed by atoms with Crippen LogP contribution in [0, 0.1) is 17.5 Å². The summed E-state index contributed by atoms with van der Waals surface area (Å²) in [5.41, 5.74) is 11.3. The third kappa shape index (κ3) is 14.1. The average Bonchev–Trinajstić information content (AvgIpc) is 3.13. The minimum Gasteiger partial charge on any atom is -0.423 e. The Labute approximate surface area is 295 Å². The van der Waals surface area contributed by atoms with Crippen LogP contribution in [0.3, 0.4) is 0 Å². The van der Waals surface area contributed by atoms with Gasteiger partial charge < -0.3 is 26.4 Å². The van der Waals surface area contributed by atoms with Crippen LogP contribution in [0.1, 0.15) is 13.8 Å². The van der Waals surface area contributed by atoms with E-state index in [-0.39, 0.29) is 29.3 Å². The molecule has 260 valence electrons. The summed E-state index contributed by atoms with van der Waals surface area (Å²) in [7, 11) is -1.34. The number of nitrogens with one attached hydrogen (secondary N) is 2. The molecule has 0 aliphatic carbocycles. The maximum atomic E-state index is 13.3. The number of hydrogen-bond acceptors (Lipinski definition) is 5. The number of nitrogen functional groups attached to an aromatic ring is 1. The Kier molecular flexibility index (Phi) is 15.7. The first-order valence-corrected chi connectivity index (χ1v) is 15.6. The van der Waals surface area contributed by atoms with Gasteiger partial charge in [-0.25, -0.2) is 13.2 Å². The minimum absolute atomic E-state index is 0.156. The Bertz CT molecular complexity index is 1970. The molecule has 6 aromatic carbocycles. The molecular weight excluding hydrogens is 654 g/mol. The average molecular weight is 692 g/mol. The summed E-state index contributed by atoms with van der Waals surface area (Å²) in [5, 5.41) is 22.4. The highest BCUT2D eigenvalue weighted by Gasteiger charge is 2.08. The molecular formula is C40H37BF3N3O4. The molecule has 0 saturated carbocycles. The number of benzene rings is 6. The predicted octanol–water partition coefficient (Wildman–Crippen LogP) is 7.68. The second-order valence-electron chi connectivity index (χ2n) is 10.8. The lowest BCUT2D eigenvalue weighted by atomic mass is 9.81. The van der Waals surface area contributed by atoms with Crippen LogP contribution in [-0.2, 0) is 9.59 Å². The van der Waals surface area contributed by atoms with Gasteiger partial charge in [-0.3, -0.25) is 9.59 Å². The molecule has 0 aromatic heterocycles. The number of carbonyl (C=O) groups is 2. The van der Waals surface area contributed by atoms with Gasteiger partial charge in [0, 0.05) is 42.0 Å². The zero-order chi connectivity index (χ0) is 37.2. The van der Waals surface area contributed by atoms with E-state index in [1.165, 1.54) is 62.4 Å². The van der Waals surface area contributed by atoms with Crippen molar-refractivity contribution in [3.8, 4) is 22.3 Å². The summed E-state index contributed by atoms with van der Waals surface area (Å²) < 4.78 is 38.5. The summed E-state index contributed by atoms with van der Waals surface area (Å²) in [6, 6.07) is 41.9. The smallest absolute Gasteiger partial charge is 0.423 e. The second kappa shape index (κ2) is 20.4. The summed E-state index contributed by atoms with van der Waals surface area (Å²) >= 11 is 0. The van der Waals surface area contributed by atoms with Crippen LogP contribution >= 0.6 is 0 Å². The number of nitrogens with two attached hydrogens (primary N) is 1. The van der Waals surface area contributed by atoms with Crippen LogP contribution in [0.4, 0.5) is 30.2 Å². The van der Waals surface area contributed by atoms with E-state index in [1.807, 2.05) is 66.7 Å². The first-order chi connectivity index (χ1) is 24.4. The van der Waals surface area contributed by atoms with Gasteiger partial charge >= 0.3 is 7.12 Å². The Morgan fingerprint density at radius 1 is 0.549 bits per heavy atom. The molecule has 6 aromatic rings. The fourth-order valence-corrected chi connectivity index (χ4v) is 4.43. The molecule has 6 N–H and O–H groups in total. The number of carbonyl (C=O) groups excluding carboxylic acids is 2. The van der Waals surface area contributed by atoms with Gasteiger partial charge in [-0.1, -0.05) is 91.0 Å². The molecule has 0 radical (unpaired) electrons. The van der Waals surface area contributed by atoms with Gasteiger partial charge in [-0.15, -0.1) is 0 Å². The molecule has 0 spiro atoms. The molecule has 11 heteroatoms. The van der Waals surface area contributed by atoms with Gasteiger partial charge in [0.05, 0.1) is 0 Å². The van der Waals surface area contributed by atoms with Gasteiger partial charge in [-0.2, -0.15) is 0 Å². The van der Waals surface area contributed by atoms with Gasteiger partial charge in [0.2, 0.25) is 11.8 Å². The Morgan fingerprint density at radius 2 is 0.980 bits per heavy atom. The Morgan fingerprint density at radius 3 is 1.45 bits per heavy atom.